The highest BCUT2D eigenvalue weighted by atomic mass is 35.5. The Morgan fingerprint density at radius 2 is 1.73 bits per heavy atom. The molecule has 142 valence electrons. The van der Waals surface area contributed by atoms with Crippen molar-refractivity contribution in [2.24, 2.45) is 0 Å². The number of rotatable bonds is 9. The van der Waals surface area contributed by atoms with Crippen LogP contribution < -0.4 is 14.2 Å². The van der Waals surface area contributed by atoms with Crippen molar-refractivity contribution in [1.29, 1.82) is 0 Å². The molecule has 0 aliphatic heterocycles. The Kier molecular flexibility index (Phi) is 7.32. The van der Waals surface area contributed by atoms with Crippen LogP contribution in [0.4, 0.5) is 0 Å². The van der Waals surface area contributed by atoms with E-state index in [2.05, 4.69) is 4.72 Å². The standard InChI is InChI=1S/C19H24ClNO4S/c1-4-24-18-10-9-16(12-19(18)25-5-2)14(3)21-26(22,23)13-15-7-6-8-17(20)11-15/h6-12,14,21H,4-5,13H2,1-3H3/t14-/m0/s1. The number of hydrogen-bond donors (Lipinski definition) is 1. The Morgan fingerprint density at radius 1 is 1.04 bits per heavy atom. The summed E-state index contributed by atoms with van der Waals surface area (Å²) in [7, 11) is -3.52. The van der Waals surface area contributed by atoms with Crippen LogP contribution in [0.5, 0.6) is 11.5 Å². The van der Waals surface area contributed by atoms with Crippen LogP contribution in [0.2, 0.25) is 5.02 Å². The molecule has 2 aromatic carbocycles. The first-order chi connectivity index (χ1) is 12.3. The molecule has 0 aliphatic rings. The third-order valence-corrected chi connectivity index (χ3v) is 5.33. The summed E-state index contributed by atoms with van der Waals surface area (Å²) in [5.74, 6) is 1.12. The third-order valence-electron chi connectivity index (χ3n) is 3.67. The van der Waals surface area contributed by atoms with Crippen molar-refractivity contribution < 1.29 is 17.9 Å². The van der Waals surface area contributed by atoms with Gasteiger partial charge in [0.1, 0.15) is 0 Å². The molecule has 0 aromatic heterocycles. The van der Waals surface area contributed by atoms with E-state index in [-0.39, 0.29) is 5.75 Å². The molecule has 26 heavy (non-hydrogen) atoms. The lowest BCUT2D eigenvalue weighted by atomic mass is 10.1. The van der Waals surface area contributed by atoms with Crippen LogP contribution in [0.1, 0.15) is 37.9 Å². The van der Waals surface area contributed by atoms with Crippen LogP contribution in [0.3, 0.4) is 0 Å². The van der Waals surface area contributed by atoms with Crippen molar-refractivity contribution in [1.82, 2.24) is 4.72 Å². The minimum Gasteiger partial charge on any atom is -0.490 e. The number of hydrogen-bond acceptors (Lipinski definition) is 4. The molecular formula is C19H24ClNO4S. The molecule has 0 unspecified atom stereocenters. The highest BCUT2D eigenvalue weighted by Crippen LogP contribution is 2.31. The van der Waals surface area contributed by atoms with E-state index in [1.807, 2.05) is 19.9 Å². The van der Waals surface area contributed by atoms with Crippen molar-refractivity contribution in [2.75, 3.05) is 13.2 Å². The molecule has 0 saturated carbocycles. The van der Waals surface area contributed by atoms with Gasteiger partial charge in [-0.15, -0.1) is 0 Å². The zero-order chi connectivity index (χ0) is 19.2. The molecule has 1 N–H and O–H groups in total. The average molecular weight is 398 g/mol. The fourth-order valence-corrected chi connectivity index (χ4v) is 4.15. The second kappa shape index (κ2) is 9.26. The normalized spacial score (nSPS) is 12.6. The smallest absolute Gasteiger partial charge is 0.216 e. The van der Waals surface area contributed by atoms with Gasteiger partial charge in [0.25, 0.3) is 0 Å². The van der Waals surface area contributed by atoms with E-state index in [0.717, 1.165) is 5.56 Å². The predicted molar refractivity (Wildman–Crippen MR) is 104 cm³/mol. The minimum atomic E-state index is -3.52. The van der Waals surface area contributed by atoms with Crippen LogP contribution in [-0.4, -0.2) is 21.6 Å². The third kappa shape index (κ3) is 5.90. The number of halogens is 1. The minimum absolute atomic E-state index is 0.132. The summed E-state index contributed by atoms with van der Waals surface area (Å²) in [4.78, 5) is 0. The van der Waals surface area contributed by atoms with E-state index in [9.17, 15) is 8.42 Å². The molecular weight excluding hydrogens is 374 g/mol. The summed E-state index contributed by atoms with van der Waals surface area (Å²) in [5.41, 5.74) is 1.44. The molecule has 2 aromatic rings. The van der Waals surface area contributed by atoms with Crippen LogP contribution in [0.15, 0.2) is 42.5 Å². The van der Waals surface area contributed by atoms with Gasteiger partial charge in [-0.3, -0.25) is 0 Å². The van der Waals surface area contributed by atoms with E-state index in [4.69, 9.17) is 21.1 Å². The number of benzene rings is 2. The molecule has 1 atom stereocenters. The van der Waals surface area contributed by atoms with Gasteiger partial charge in [0.05, 0.1) is 19.0 Å². The molecule has 0 aliphatic carbocycles. The molecule has 0 amide bonds. The fraction of sp³-hybridized carbons (Fsp3) is 0.368. The summed E-state index contributed by atoms with van der Waals surface area (Å²) < 4.78 is 38.8. The van der Waals surface area contributed by atoms with E-state index < -0.39 is 16.1 Å². The first-order valence-electron chi connectivity index (χ1n) is 8.48. The SMILES string of the molecule is CCOc1ccc([C@H](C)NS(=O)(=O)Cc2cccc(Cl)c2)cc1OCC. The molecule has 2 rings (SSSR count). The lowest BCUT2D eigenvalue weighted by molar-refractivity contribution is 0.287. The first-order valence-corrected chi connectivity index (χ1v) is 10.5. The van der Waals surface area contributed by atoms with E-state index in [1.165, 1.54) is 0 Å². The van der Waals surface area contributed by atoms with Crippen LogP contribution >= 0.6 is 11.6 Å². The van der Waals surface area contributed by atoms with Gasteiger partial charge >= 0.3 is 0 Å². The molecule has 0 spiro atoms. The van der Waals surface area contributed by atoms with Crippen LogP contribution in [-0.2, 0) is 15.8 Å². The van der Waals surface area contributed by atoms with Crippen molar-refractivity contribution in [2.45, 2.75) is 32.6 Å². The van der Waals surface area contributed by atoms with Crippen LogP contribution in [0, 0.1) is 0 Å². The second-order valence-electron chi connectivity index (χ2n) is 5.80. The Balaban J connectivity index is 2.15. The maximum atomic E-state index is 12.5. The average Bonchev–Trinajstić information content (AvgIpc) is 2.56. The van der Waals surface area contributed by atoms with Crippen LogP contribution in [0.25, 0.3) is 0 Å². The first kappa shape index (κ1) is 20.6. The maximum Gasteiger partial charge on any atom is 0.216 e. The number of nitrogens with one attached hydrogen (secondary N) is 1. The van der Waals surface area contributed by atoms with E-state index >= 15 is 0 Å². The van der Waals surface area contributed by atoms with Gasteiger partial charge in [0.15, 0.2) is 11.5 Å². The Morgan fingerprint density at radius 3 is 2.38 bits per heavy atom. The van der Waals surface area contributed by atoms with Gasteiger partial charge in [-0.1, -0.05) is 29.8 Å². The zero-order valence-corrected chi connectivity index (χ0v) is 16.7. The number of ether oxygens (including phenoxy) is 2. The lowest BCUT2D eigenvalue weighted by Crippen LogP contribution is -2.28. The molecule has 0 saturated heterocycles. The fourth-order valence-electron chi connectivity index (χ4n) is 2.56. The lowest BCUT2D eigenvalue weighted by Gasteiger charge is -2.17. The predicted octanol–water partition coefficient (Wildman–Crippen LogP) is 4.32. The van der Waals surface area contributed by atoms with Gasteiger partial charge in [-0.2, -0.15) is 0 Å². The Bertz CT molecular complexity index is 839. The maximum absolute atomic E-state index is 12.5. The quantitative estimate of drug-likeness (QED) is 0.684. The van der Waals surface area contributed by atoms with Crippen molar-refractivity contribution in [3.8, 4) is 11.5 Å². The summed E-state index contributed by atoms with van der Waals surface area (Å²) in [6.07, 6.45) is 0. The molecule has 0 radical (unpaired) electrons. The second-order valence-corrected chi connectivity index (χ2v) is 7.99. The molecule has 0 fully saturated rings. The van der Waals surface area contributed by atoms with Gasteiger partial charge in [-0.25, -0.2) is 13.1 Å². The summed E-state index contributed by atoms with van der Waals surface area (Å²) in [6, 6.07) is 11.9. The molecule has 0 bridgehead atoms. The molecule has 5 nitrogen and oxygen atoms in total. The summed E-state index contributed by atoms with van der Waals surface area (Å²) in [6.45, 7) is 6.61. The van der Waals surface area contributed by atoms with Gasteiger partial charge in [-0.05, 0) is 56.2 Å². The largest absolute Gasteiger partial charge is 0.490 e. The van der Waals surface area contributed by atoms with Gasteiger partial charge < -0.3 is 9.47 Å². The summed E-state index contributed by atoms with van der Waals surface area (Å²) >= 11 is 5.92. The van der Waals surface area contributed by atoms with Crippen molar-refractivity contribution in [3.05, 3.63) is 58.6 Å². The van der Waals surface area contributed by atoms with E-state index in [1.54, 1.807) is 43.3 Å². The Labute approximate surface area is 160 Å². The van der Waals surface area contributed by atoms with Crippen molar-refractivity contribution >= 4 is 21.6 Å². The highest BCUT2D eigenvalue weighted by molar-refractivity contribution is 7.88. The van der Waals surface area contributed by atoms with Gasteiger partial charge in [0, 0.05) is 11.1 Å². The Hall–Kier alpha value is -1.76. The summed E-state index contributed by atoms with van der Waals surface area (Å²) in [5, 5.41) is 0.513. The zero-order valence-electron chi connectivity index (χ0n) is 15.2. The van der Waals surface area contributed by atoms with Crippen molar-refractivity contribution in [3.63, 3.8) is 0 Å². The molecule has 7 heteroatoms. The molecule has 0 heterocycles. The van der Waals surface area contributed by atoms with E-state index in [0.29, 0.717) is 35.3 Å². The highest BCUT2D eigenvalue weighted by Gasteiger charge is 2.18. The van der Waals surface area contributed by atoms with Gasteiger partial charge in [0.2, 0.25) is 10.0 Å². The monoisotopic (exact) mass is 397 g/mol. The topological polar surface area (TPSA) is 64.6 Å². The number of sulfonamides is 1.